The Balaban J connectivity index is 2.38. The first-order chi connectivity index (χ1) is 10.0. The van der Waals surface area contributed by atoms with E-state index in [1.807, 2.05) is 27.7 Å². The van der Waals surface area contributed by atoms with E-state index >= 15 is 0 Å². The third-order valence-electron chi connectivity index (χ3n) is 4.26. The molecule has 0 N–H and O–H groups in total. The van der Waals surface area contributed by atoms with E-state index in [1.165, 1.54) is 6.07 Å². The van der Waals surface area contributed by atoms with Gasteiger partial charge in [0, 0.05) is 6.07 Å². The lowest BCUT2D eigenvalue weighted by Gasteiger charge is -2.32. The SMILES string of the molecule is Cc1cccc([N+](=O)[O-])c1C=C(F)B1OC(C)(C)C(C)(C)O1. The first kappa shape index (κ1) is 16.6. The van der Waals surface area contributed by atoms with Crippen LogP contribution in [0.5, 0.6) is 0 Å². The van der Waals surface area contributed by atoms with Gasteiger partial charge in [-0.2, -0.15) is 0 Å². The van der Waals surface area contributed by atoms with Crippen molar-refractivity contribution in [2.45, 2.75) is 45.8 Å². The Bertz CT molecular complexity index is 626. The molecule has 0 amide bonds. The standard InChI is InChI=1S/C15H19BFNO4/c1-10-7-6-8-12(18(19)20)11(10)9-13(17)16-21-14(2,3)15(4,5)22-16/h6-9H,1-5H3. The van der Waals surface area contributed by atoms with E-state index in [0.717, 1.165) is 6.08 Å². The molecule has 1 aliphatic heterocycles. The fourth-order valence-corrected chi connectivity index (χ4v) is 2.17. The second-order valence-electron chi connectivity index (χ2n) is 6.38. The predicted octanol–water partition coefficient (Wildman–Crippen LogP) is 3.85. The van der Waals surface area contributed by atoms with Crippen molar-refractivity contribution in [3.63, 3.8) is 0 Å². The summed E-state index contributed by atoms with van der Waals surface area (Å²) < 4.78 is 25.7. The van der Waals surface area contributed by atoms with Gasteiger partial charge in [0.05, 0.1) is 21.7 Å². The molecule has 0 saturated carbocycles. The molecule has 0 unspecified atom stereocenters. The van der Waals surface area contributed by atoms with E-state index in [9.17, 15) is 14.5 Å². The summed E-state index contributed by atoms with van der Waals surface area (Å²) in [4.78, 5) is 10.5. The van der Waals surface area contributed by atoms with E-state index in [0.29, 0.717) is 5.56 Å². The molecule has 7 heteroatoms. The quantitative estimate of drug-likeness (QED) is 0.483. The van der Waals surface area contributed by atoms with Gasteiger partial charge >= 0.3 is 7.12 Å². The van der Waals surface area contributed by atoms with Crippen LogP contribution in [0.25, 0.3) is 6.08 Å². The zero-order valence-electron chi connectivity index (χ0n) is 13.3. The fraction of sp³-hybridized carbons (Fsp3) is 0.467. The number of hydrogen-bond acceptors (Lipinski definition) is 4. The zero-order chi connectivity index (χ0) is 16.7. The van der Waals surface area contributed by atoms with Crippen LogP contribution in [0, 0.1) is 17.0 Å². The Kier molecular flexibility index (Phi) is 4.15. The van der Waals surface area contributed by atoms with Gasteiger partial charge in [0.1, 0.15) is 5.73 Å². The highest BCUT2D eigenvalue weighted by atomic mass is 19.1. The molecule has 0 bridgehead atoms. The van der Waals surface area contributed by atoms with Gasteiger partial charge in [-0.05, 0) is 46.3 Å². The van der Waals surface area contributed by atoms with Gasteiger partial charge in [-0.25, -0.2) is 4.39 Å². The van der Waals surface area contributed by atoms with E-state index in [4.69, 9.17) is 9.31 Å². The first-order valence-corrected chi connectivity index (χ1v) is 7.02. The fourth-order valence-electron chi connectivity index (χ4n) is 2.17. The molecule has 22 heavy (non-hydrogen) atoms. The smallest absolute Gasteiger partial charge is 0.398 e. The molecule has 0 atom stereocenters. The van der Waals surface area contributed by atoms with E-state index in [1.54, 1.807) is 19.1 Å². The molecular formula is C15H19BFNO4. The van der Waals surface area contributed by atoms with Crippen molar-refractivity contribution in [2.75, 3.05) is 0 Å². The summed E-state index contributed by atoms with van der Waals surface area (Å²) in [7, 11) is -1.16. The van der Waals surface area contributed by atoms with Crippen LogP contribution >= 0.6 is 0 Å². The minimum atomic E-state index is -1.16. The summed E-state index contributed by atoms with van der Waals surface area (Å²) in [6, 6.07) is 4.60. The topological polar surface area (TPSA) is 61.6 Å². The lowest BCUT2D eigenvalue weighted by molar-refractivity contribution is -0.385. The molecule has 118 valence electrons. The van der Waals surface area contributed by atoms with Crippen LogP contribution in [0.3, 0.4) is 0 Å². The number of nitro benzene ring substituents is 1. The highest BCUT2D eigenvalue weighted by molar-refractivity contribution is 6.54. The molecule has 2 rings (SSSR count). The first-order valence-electron chi connectivity index (χ1n) is 7.02. The van der Waals surface area contributed by atoms with Gasteiger partial charge in [-0.15, -0.1) is 0 Å². The average Bonchev–Trinajstić information content (AvgIpc) is 2.60. The Morgan fingerprint density at radius 3 is 2.32 bits per heavy atom. The molecule has 1 heterocycles. The third kappa shape index (κ3) is 2.91. The van der Waals surface area contributed by atoms with Gasteiger partial charge in [0.15, 0.2) is 0 Å². The Morgan fingerprint density at radius 2 is 1.82 bits per heavy atom. The van der Waals surface area contributed by atoms with Crippen molar-refractivity contribution in [3.05, 3.63) is 45.2 Å². The van der Waals surface area contributed by atoms with Crippen molar-refractivity contribution in [1.82, 2.24) is 0 Å². The molecule has 0 radical (unpaired) electrons. The highest BCUT2D eigenvalue weighted by Gasteiger charge is 2.53. The number of nitro groups is 1. The molecular weight excluding hydrogens is 288 g/mol. The molecule has 0 aromatic heterocycles. The zero-order valence-corrected chi connectivity index (χ0v) is 13.3. The summed E-state index contributed by atoms with van der Waals surface area (Å²) in [6.45, 7) is 8.95. The van der Waals surface area contributed by atoms with Gasteiger partial charge in [0.25, 0.3) is 5.69 Å². The van der Waals surface area contributed by atoms with Crippen LogP contribution in [0.1, 0.15) is 38.8 Å². The maximum absolute atomic E-state index is 14.5. The number of nitrogens with zero attached hydrogens (tertiary/aromatic N) is 1. The maximum Gasteiger partial charge on any atom is 0.525 e. The predicted molar refractivity (Wildman–Crippen MR) is 83.0 cm³/mol. The molecule has 1 aliphatic rings. The number of rotatable bonds is 3. The van der Waals surface area contributed by atoms with Crippen LogP contribution in [0.4, 0.5) is 10.1 Å². The van der Waals surface area contributed by atoms with E-state index < -0.39 is 29.0 Å². The second kappa shape index (κ2) is 5.48. The molecule has 0 aliphatic carbocycles. The monoisotopic (exact) mass is 307 g/mol. The van der Waals surface area contributed by atoms with Crippen molar-refractivity contribution in [2.24, 2.45) is 0 Å². The molecule has 1 aromatic rings. The number of benzene rings is 1. The summed E-state index contributed by atoms with van der Waals surface area (Å²) in [5.74, 6) is 0. The largest absolute Gasteiger partial charge is 0.525 e. The molecule has 5 nitrogen and oxygen atoms in total. The van der Waals surface area contributed by atoms with Gasteiger partial charge in [0.2, 0.25) is 0 Å². The summed E-state index contributed by atoms with van der Waals surface area (Å²) in [5, 5.41) is 11.1. The molecule has 1 fully saturated rings. The lowest BCUT2D eigenvalue weighted by Crippen LogP contribution is -2.41. The van der Waals surface area contributed by atoms with Crippen molar-refractivity contribution in [3.8, 4) is 0 Å². The Labute approximate surface area is 129 Å². The van der Waals surface area contributed by atoms with Crippen molar-refractivity contribution in [1.29, 1.82) is 0 Å². The van der Waals surface area contributed by atoms with Crippen molar-refractivity contribution >= 4 is 18.9 Å². The number of aryl methyl sites for hydroxylation is 1. The van der Waals surface area contributed by atoms with Crippen LogP contribution in [-0.2, 0) is 9.31 Å². The normalized spacial score (nSPS) is 20.3. The van der Waals surface area contributed by atoms with Gasteiger partial charge in [-0.1, -0.05) is 12.1 Å². The van der Waals surface area contributed by atoms with Crippen LogP contribution < -0.4 is 0 Å². The number of halogens is 1. The summed E-state index contributed by atoms with van der Waals surface area (Å²) in [6.07, 6.45) is 1.12. The molecule has 0 spiro atoms. The van der Waals surface area contributed by atoms with Crippen LogP contribution in [0.15, 0.2) is 23.9 Å². The minimum absolute atomic E-state index is 0.147. The Morgan fingerprint density at radius 1 is 1.27 bits per heavy atom. The van der Waals surface area contributed by atoms with Gasteiger partial charge in [-0.3, -0.25) is 10.1 Å². The molecule has 1 aromatic carbocycles. The number of hydrogen-bond donors (Lipinski definition) is 0. The van der Waals surface area contributed by atoms with E-state index in [-0.39, 0.29) is 11.3 Å². The second-order valence-corrected chi connectivity index (χ2v) is 6.38. The Hall–Kier alpha value is -1.73. The maximum atomic E-state index is 14.5. The van der Waals surface area contributed by atoms with Gasteiger partial charge < -0.3 is 9.31 Å². The minimum Gasteiger partial charge on any atom is -0.398 e. The van der Waals surface area contributed by atoms with Crippen molar-refractivity contribution < 1.29 is 18.6 Å². The van der Waals surface area contributed by atoms with Crippen LogP contribution in [-0.4, -0.2) is 23.2 Å². The molecule has 1 saturated heterocycles. The summed E-state index contributed by atoms with van der Waals surface area (Å²) >= 11 is 0. The van der Waals surface area contributed by atoms with E-state index in [2.05, 4.69) is 0 Å². The van der Waals surface area contributed by atoms with Crippen LogP contribution in [0.2, 0.25) is 0 Å². The third-order valence-corrected chi connectivity index (χ3v) is 4.26. The lowest BCUT2D eigenvalue weighted by atomic mass is 9.86. The highest BCUT2D eigenvalue weighted by Crippen LogP contribution is 2.39. The summed E-state index contributed by atoms with van der Waals surface area (Å²) in [5.41, 5.74) is -1.33. The average molecular weight is 307 g/mol.